The number of fused-ring (bicyclic) bond motifs is 1. The summed E-state index contributed by atoms with van der Waals surface area (Å²) >= 11 is 1.26. The number of halogens is 2. The van der Waals surface area contributed by atoms with Crippen LogP contribution in [0.1, 0.15) is 11.1 Å². The third-order valence-electron chi connectivity index (χ3n) is 4.35. The van der Waals surface area contributed by atoms with Gasteiger partial charge in [-0.25, -0.2) is 13.8 Å². The van der Waals surface area contributed by atoms with Crippen molar-refractivity contribution in [3.05, 3.63) is 99.8 Å². The van der Waals surface area contributed by atoms with Gasteiger partial charge < -0.3 is 0 Å². The molecule has 0 aliphatic rings. The minimum Gasteiger partial charge on any atom is -0.268 e. The highest BCUT2D eigenvalue weighted by Crippen LogP contribution is 2.26. The van der Waals surface area contributed by atoms with Gasteiger partial charge in [0, 0.05) is 11.8 Å². The Morgan fingerprint density at radius 2 is 1.79 bits per heavy atom. The fourth-order valence-corrected chi connectivity index (χ4v) is 3.87. The Kier molecular flexibility index (Phi) is 5.10. The molecular weight excluding hydrogens is 392 g/mol. The number of para-hydroxylation sites is 1. The normalized spacial score (nSPS) is 10.8. The minimum absolute atomic E-state index is 0.0584. The summed E-state index contributed by atoms with van der Waals surface area (Å²) < 4.78 is 29.0. The quantitative estimate of drug-likeness (QED) is 0.361. The van der Waals surface area contributed by atoms with E-state index in [0.717, 1.165) is 17.7 Å². The lowest BCUT2D eigenvalue weighted by Gasteiger charge is -2.14. The van der Waals surface area contributed by atoms with Crippen LogP contribution in [0.15, 0.2) is 76.7 Å². The first-order chi connectivity index (χ1) is 14.1. The number of benzene rings is 3. The average Bonchev–Trinajstić information content (AvgIpc) is 2.73. The van der Waals surface area contributed by atoms with Crippen LogP contribution in [0.3, 0.4) is 0 Å². The van der Waals surface area contributed by atoms with E-state index in [9.17, 15) is 13.6 Å². The van der Waals surface area contributed by atoms with Crippen LogP contribution in [-0.2, 0) is 5.75 Å². The molecular formula is C22H13F2N3OS. The van der Waals surface area contributed by atoms with Crippen LogP contribution in [-0.4, -0.2) is 9.55 Å². The summed E-state index contributed by atoms with van der Waals surface area (Å²) in [6.45, 7) is 0. The summed E-state index contributed by atoms with van der Waals surface area (Å²) in [5.74, 6) is -1.11. The lowest BCUT2D eigenvalue weighted by Crippen LogP contribution is -2.22. The maximum Gasteiger partial charge on any atom is 0.266 e. The van der Waals surface area contributed by atoms with Crippen molar-refractivity contribution in [2.45, 2.75) is 10.9 Å². The molecule has 4 nitrogen and oxygen atoms in total. The summed E-state index contributed by atoms with van der Waals surface area (Å²) in [6, 6.07) is 19.0. The van der Waals surface area contributed by atoms with Crippen molar-refractivity contribution in [3.8, 4) is 11.8 Å². The summed E-state index contributed by atoms with van der Waals surface area (Å²) in [6.07, 6.45) is 0. The van der Waals surface area contributed by atoms with Crippen molar-refractivity contribution in [3.63, 3.8) is 0 Å². The molecule has 0 unspecified atom stereocenters. The Morgan fingerprint density at radius 3 is 2.52 bits per heavy atom. The molecule has 0 aliphatic carbocycles. The lowest BCUT2D eigenvalue weighted by atomic mass is 10.2. The SMILES string of the molecule is N#Cc1ccc(CSc2nc3ccccc3c(=O)n2-c2ccc(F)cc2F)cc1. The Bertz CT molecular complexity index is 1310. The molecule has 0 bridgehead atoms. The summed E-state index contributed by atoms with van der Waals surface area (Å²) in [7, 11) is 0. The van der Waals surface area contributed by atoms with Gasteiger partial charge in [-0.3, -0.25) is 9.36 Å². The van der Waals surface area contributed by atoms with E-state index < -0.39 is 17.2 Å². The van der Waals surface area contributed by atoms with Crippen molar-refractivity contribution in [2.75, 3.05) is 0 Å². The van der Waals surface area contributed by atoms with Gasteiger partial charge in [0.05, 0.1) is 28.2 Å². The molecule has 0 radical (unpaired) electrons. The molecule has 0 spiro atoms. The van der Waals surface area contributed by atoms with E-state index in [0.29, 0.717) is 27.4 Å². The number of nitriles is 1. The van der Waals surface area contributed by atoms with Gasteiger partial charge in [0.2, 0.25) is 0 Å². The zero-order valence-corrected chi connectivity index (χ0v) is 15.8. The molecule has 142 valence electrons. The fourth-order valence-electron chi connectivity index (χ4n) is 2.91. The average molecular weight is 405 g/mol. The number of thioether (sulfide) groups is 1. The van der Waals surface area contributed by atoms with Crippen LogP contribution < -0.4 is 5.56 Å². The Balaban J connectivity index is 1.82. The Labute approximate surface area is 169 Å². The van der Waals surface area contributed by atoms with E-state index in [4.69, 9.17) is 5.26 Å². The second kappa shape index (κ2) is 7.86. The van der Waals surface area contributed by atoms with Crippen molar-refractivity contribution < 1.29 is 8.78 Å². The van der Waals surface area contributed by atoms with Gasteiger partial charge in [0.15, 0.2) is 5.16 Å². The molecule has 1 heterocycles. The maximum atomic E-state index is 14.5. The largest absolute Gasteiger partial charge is 0.268 e. The summed E-state index contributed by atoms with van der Waals surface area (Å²) in [5, 5.41) is 9.55. The number of hydrogen-bond donors (Lipinski definition) is 0. The highest BCUT2D eigenvalue weighted by atomic mass is 32.2. The summed E-state index contributed by atoms with van der Waals surface area (Å²) in [5.41, 5.74) is 1.48. The highest BCUT2D eigenvalue weighted by molar-refractivity contribution is 7.98. The molecule has 0 atom stereocenters. The molecule has 29 heavy (non-hydrogen) atoms. The van der Waals surface area contributed by atoms with E-state index in [1.165, 1.54) is 22.4 Å². The molecule has 4 aromatic rings. The van der Waals surface area contributed by atoms with Crippen LogP contribution in [0, 0.1) is 23.0 Å². The first-order valence-electron chi connectivity index (χ1n) is 8.66. The van der Waals surface area contributed by atoms with Crippen LogP contribution in [0.5, 0.6) is 0 Å². The van der Waals surface area contributed by atoms with E-state index in [1.54, 1.807) is 36.4 Å². The molecule has 0 N–H and O–H groups in total. The Hall–Kier alpha value is -3.50. The molecule has 0 amide bonds. The molecule has 1 aromatic heterocycles. The number of aromatic nitrogens is 2. The predicted octanol–water partition coefficient (Wildman–Crippen LogP) is 4.83. The van der Waals surface area contributed by atoms with E-state index in [1.807, 2.05) is 12.1 Å². The van der Waals surface area contributed by atoms with Crippen molar-refractivity contribution in [1.29, 1.82) is 5.26 Å². The van der Waals surface area contributed by atoms with Crippen molar-refractivity contribution >= 4 is 22.7 Å². The van der Waals surface area contributed by atoms with Gasteiger partial charge in [-0.2, -0.15) is 5.26 Å². The van der Waals surface area contributed by atoms with Gasteiger partial charge in [-0.15, -0.1) is 0 Å². The first kappa shape index (κ1) is 18.8. The van der Waals surface area contributed by atoms with Gasteiger partial charge in [0.25, 0.3) is 5.56 Å². The van der Waals surface area contributed by atoms with Crippen LogP contribution in [0.4, 0.5) is 8.78 Å². The van der Waals surface area contributed by atoms with Crippen molar-refractivity contribution in [2.24, 2.45) is 0 Å². The molecule has 7 heteroatoms. The molecule has 3 aromatic carbocycles. The summed E-state index contributed by atoms with van der Waals surface area (Å²) in [4.78, 5) is 17.6. The number of hydrogen-bond acceptors (Lipinski definition) is 4. The first-order valence-corrected chi connectivity index (χ1v) is 9.64. The fraction of sp³-hybridized carbons (Fsp3) is 0.0455. The van der Waals surface area contributed by atoms with Crippen molar-refractivity contribution in [1.82, 2.24) is 9.55 Å². The predicted molar refractivity (Wildman–Crippen MR) is 108 cm³/mol. The van der Waals surface area contributed by atoms with E-state index in [2.05, 4.69) is 11.1 Å². The second-order valence-corrected chi connectivity index (χ2v) is 7.19. The van der Waals surface area contributed by atoms with Crippen LogP contribution in [0.2, 0.25) is 0 Å². The molecule has 0 saturated heterocycles. The maximum absolute atomic E-state index is 14.5. The zero-order chi connectivity index (χ0) is 20.4. The van der Waals surface area contributed by atoms with Crippen LogP contribution in [0.25, 0.3) is 16.6 Å². The molecule has 4 rings (SSSR count). The monoisotopic (exact) mass is 405 g/mol. The topological polar surface area (TPSA) is 58.7 Å². The minimum atomic E-state index is -0.843. The smallest absolute Gasteiger partial charge is 0.266 e. The number of nitrogens with zero attached hydrogens (tertiary/aromatic N) is 3. The van der Waals surface area contributed by atoms with Gasteiger partial charge >= 0.3 is 0 Å². The van der Waals surface area contributed by atoms with Gasteiger partial charge in [-0.1, -0.05) is 36.0 Å². The zero-order valence-electron chi connectivity index (χ0n) is 15.0. The molecule has 0 aliphatic heterocycles. The van der Waals surface area contributed by atoms with Gasteiger partial charge in [0.1, 0.15) is 11.6 Å². The standard InChI is InChI=1S/C22H13F2N3OS/c23-16-9-10-20(18(24)11-16)27-21(28)17-3-1-2-4-19(17)26-22(27)29-13-15-7-5-14(12-25)6-8-15/h1-11H,13H2. The third kappa shape index (κ3) is 3.75. The number of rotatable bonds is 4. The Morgan fingerprint density at radius 1 is 1.03 bits per heavy atom. The van der Waals surface area contributed by atoms with E-state index >= 15 is 0 Å². The second-order valence-electron chi connectivity index (χ2n) is 6.25. The third-order valence-corrected chi connectivity index (χ3v) is 5.36. The van der Waals surface area contributed by atoms with Crippen LogP contribution >= 0.6 is 11.8 Å². The lowest BCUT2D eigenvalue weighted by molar-refractivity contribution is 0.572. The van der Waals surface area contributed by atoms with E-state index in [-0.39, 0.29) is 5.69 Å². The molecule has 0 saturated carbocycles. The molecule has 0 fully saturated rings. The highest BCUT2D eigenvalue weighted by Gasteiger charge is 2.16. The van der Waals surface area contributed by atoms with Gasteiger partial charge in [-0.05, 0) is 42.0 Å².